The molecule has 2 fully saturated rings. The second-order valence-corrected chi connectivity index (χ2v) is 17.2. The number of ether oxygens (including phenoxy) is 1. The van der Waals surface area contributed by atoms with Gasteiger partial charge in [0.25, 0.3) is 15.9 Å². The average Bonchev–Trinajstić information content (AvgIpc) is 3.12. The molecular formula is C39H47ClN4O7S. The first kappa shape index (κ1) is 37.8. The summed E-state index contributed by atoms with van der Waals surface area (Å²) < 4.78 is 34.0. The lowest BCUT2D eigenvalue weighted by atomic mass is 9.72. The van der Waals surface area contributed by atoms with E-state index in [1.807, 2.05) is 29.0 Å². The van der Waals surface area contributed by atoms with Crippen LogP contribution in [0, 0.1) is 21.4 Å². The molecule has 1 amide bonds. The molecule has 11 nitrogen and oxygen atoms in total. The number of hydrogen-bond donors (Lipinski definition) is 2. The standard InChI is InChI=1S/C39H47ClN4O7S/c1-39(2)18-17-30(35(24-39)28-5-9-31(40)10-6-28)25-42-19-21-43(22-20-42)32-11-7-29(8-12-32)38(46)41-52(49,50)34-15-16-37(36(23-34)44(47)48)51-26-27-3-13-33(45)14-4-27/h5-12,15-16,23,27,33,45H,3-4,13-14,17-22,24-26H2,1-2H3,(H,41,46)/t27-,33-. The molecule has 1 aliphatic heterocycles. The summed E-state index contributed by atoms with van der Waals surface area (Å²) in [6, 6.07) is 18.3. The van der Waals surface area contributed by atoms with Crippen LogP contribution in [0.2, 0.25) is 5.02 Å². The number of anilines is 1. The Morgan fingerprint density at radius 1 is 1.00 bits per heavy atom. The van der Waals surface area contributed by atoms with Gasteiger partial charge in [0.15, 0.2) is 5.75 Å². The van der Waals surface area contributed by atoms with E-state index in [0.29, 0.717) is 12.8 Å². The van der Waals surface area contributed by atoms with Gasteiger partial charge in [-0.1, -0.05) is 43.2 Å². The SMILES string of the molecule is CC1(C)CCC(CN2CCN(c3ccc(C(=O)NS(=O)(=O)c4ccc(OC[C@H]5CC[C@H](O)CC5)c([N+](=O)[O-])c4)cc3)CC2)=C(c2ccc(Cl)cc2)C1. The second-order valence-electron chi connectivity index (χ2n) is 15.0. The summed E-state index contributed by atoms with van der Waals surface area (Å²) in [5.41, 5.74) is 5.03. The molecule has 3 aromatic rings. The van der Waals surface area contributed by atoms with E-state index in [1.54, 1.807) is 12.1 Å². The number of nitrogens with one attached hydrogen (secondary N) is 1. The fraction of sp³-hybridized carbons (Fsp3) is 0.462. The van der Waals surface area contributed by atoms with Crippen LogP contribution in [-0.2, 0) is 10.0 Å². The molecule has 6 rings (SSSR count). The van der Waals surface area contributed by atoms with Crippen molar-refractivity contribution in [3.05, 3.63) is 98.6 Å². The first-order chi connectivity index (χ1) is 24.8. The Hall–Kier alpha value is -3.97. The molecule has 13 heteroatoms. The van der Waals surface area contributed by atoms with Crippen LogP contribution < -0.4 is 14.4 Å². The molecule has 0 radical (unpaired) electrons. The lowest BCUT2D eigenvalue weighted by Crippen LogP contribution is -2.47. The van der Waals surface area contributed by atoms with Crippen LogP contribution in [0.4, 0.5) is 11.4 Å². The highest BCUT2D eigenvalue weighted by Gasteiger charge is 2.30. The number of amides is 1. The molecule has 0 spiro atoms. The third-order valence-corrected chi connectivity index (χ3v) is 12.2. The molecule has 2 aliphatic carbocycles. The molecule has 1 saturated heterocycles. The van der Waals surface area contributed by atoms with Gasteiger partial charge in [-0.3, -0.25) is 19.8 Å². The number of sulfonamides is 1. The number of nitrogens with zero attached hydrogens (tertiary/aromatic N) is 3. The number of piperazine rings is 1. The predicted molar refractivity (Wildman–Crippen MR) is 202 cm³/mol. The largest absolute Gasteiger partial charge is 0.487 e. The number of halogens is 1. The summed E-state index contributed by atoms with van der Waals surface area (Å²) in [6.45, 7) is 9.24. The second kappa shape index (κ2) is 16.0. The van der Waals surface area contributed by atoms with Crippen LogP contribution in [0.3, 0.4) is 0 Å². The van der Waals surface area contributed by atoms with Crippen molar-refractivity contribution in [3.8, 4) is 5.75 Å². The van der Waals surface area contributed by atoms with Gasteiger partial charge >= 0.3 is 5.69 Å². The molecule has 278 valence electrons. The van der Waals surface area contributed by atoms with Crippen molar-refractivity contribution < 1.29 is 28.0 Å². The zero-order chi connectivity index (χ0) is 37.0. The first-order valence-corrected chi connectivity index (χ1v) is 19.8. The topological polar surface area (TPSA) is 142 Å². The van der Waals surface area contributed by atoms with Crippen molar-refractivity contribution in [2.45, 2.75) is 69.8 Å². The molecule has 2 N–H and O–H groups in total. The van der Waals surface area contributed by atoms with E-state index in [2.05, 4.69) is 35.8 Å². The fourth-order valence-corrected chi connectivity index (χ4v) is 8.53. The van der Waals surface area contributed by atoms with Gasteiger partial charge in [0.2, 0.25) is 0 Å². The van der Waals surface area contributed by atoms with Crippen LogP contribution in [0.5, 0.6) is 5.75 Å². The van der Waals surface area contributed by atoms with Crippen LogP contribution in [-0.4, -0.2) is 74.7 Å². The minimum absolute atomic E-state index is 0.0457. The number of nitro groups is 1. The van der Waals surface area contributed by atoms with Gasteiger partial charge in [-0.2, -0.15) is 0 Å². The van der Waals surface area contributed by atoms with Gasteiger partial charge in [-0.15, -0.1) is 0 Å². The van der Waals surface area contributed by atoms with Gasteiger partial charge in [-0.05, 0) is 116 Å². The molecule has 0 aromatic heterocycles. The van der Waals surface area contributed by atoms with E-state index in [4.69, 9.17) is 16.3 Å². The van der Waals surface area contributed by atoms with Gasteiger partial charge in [-0.25, -0.2) is 13.1 Å². The van der Waals surface area contributed by atoms with Gasteiger partial charge < -0.3 is 14.7 Å². The smallest absolute Gasteiger partial charge is 0.312 e. The Balaban J connectivity index is 1.04. The summed E-state index contributed by atoms with van der Waals surface area (Å²) >= 11 is 6.18. The number of hydrogen-bond acceptors (Lipinski definition) is 9. The van der Waals surface area contributed by atoms with E-state index >= 15 is 0 Å². The molecule has 3 aliphatic rings. The van der Waals surface area contributed by atoms with Crippen LogP contribution in [0.15, 0.2) is 77.2 Å². The van der Waals surface area contributed by atoms with Crippen LogP contribution in [0.1, 0.15) is 74.7 Å². The highest BCUT2D eigenvalue weighted by molar-refractivity contribution is 7.90. The number of carbonyl (C=O) groups is 1. The Labute approximate surface area is 310 Å². The van der Waals surface area contributed by atoms with E-state index in [0.717, 1.165) is 81.6 Å². The Bertz CT molecular complexity index is 1900. The quantitative estimate of drug-likeness (QED) is 0.155. The number of carbonyl (C=O) groups excluding carboxylic acids is 1. The molecule has 52 heavy (non-hydrogen) atoms. The summed E-state index contributed by atoms with van der Waals surface area (Å²) in [7, 11) is -4.41. The zero-order valence-electron chi connectivity index (χ0n) is 29.7. The number of allylic oxidation sites excluding steroid dienone is 1. The minimum Gasteiger partial charge on any atom is -0.487 e. The highest BCUT2D eigenvalue weighted by Crippen LogP contribution is 2.43. The Morgan fingerprint density at radius 3 is 2.33 bits per heavy atom. The Morgan fingerprint density at radius 2 is 1.67 bits per heavy atom. The maximum Gasteiger partial charge on any atom is 0.312 e. The lowest BCUT2D eigenvalue weighted by Gasteiger charge is -2.39. The molecule has 1 heterocycles. The molecule has 0 unspecified atom stereocenters. The first-order valence-electron chi connectivity index (χ1n) is 18.0. The predicted octanol–water partition coefficient (Wildman–Crippen LogP) is 7.08. The number of nitro benzene ring substituents is 1. The van der Waals surface area contributed by atoms with Crippen molar-refractivity contribution in [3.63, 3.8) is 0 Å². The van der Waals surface area contributed by atoms with Crippen molar-refractivity contribution in [2.24, 2.45) is 11.3 Å². The lowest BCUT2D eigenvalue weighted by molar-refractivity contribution is -0.386. The Kier molecular flexibility index (Phi) is 11.6. The van der Waals surface area contributed by atoms with E-state index in [1.165, 1.54) is 28.8 Å². The minimum atomic E-state index is -4.41. The highest BCUT2D eigenvalue weighted by atomic mass is 35.5. The van der Waals surface area contributed by atoms with Crippen molar-refractivity contribution in [1.82, 2.24) is 9.62 Å². The maximum atomic E-state index is 13.1. The zero-order valence-corrected chi connectivity index (χ0v) is 31.3. The molecular weight excluding hydrogens is 704 g/mol. The third-order valence-electron chi connectivity index (χ3n) is 10.6. The third kappa shape index (κ3) is 9.33. The van der Waals surface area contributed by atoms with E-state index in [9.17, 15) is 28.4 Å². The summed E-state index contributed by atoms with van der Waals surface area (Å²) in [6.07, 6.45) is 5.74. The van der Waals surface area contributed by atoms with Gasteiger partial charge in [0.1, 0.15) is 0 Å². The van der Waals surface area contributed by atoms with Crippen LogP contribution in [0.25, 0.3) is 5.57 Å². The normalized spacial score (nSPS) is 21.1. The maximum absolute atomic E-state index is 13.1. The molecule has 3 aromatic carbocycles. The summed E-state index contributed by atoms with van der Waals surface area (Å²) in [5, 5.41) is 22.3. The fourth-order valence-electron chi connectivity index (χ4n) is 7.41. The van der Waals surface area contributed by atoms with Gasteiger partial charge in [0.05, 0.1) is 22.5 Å². The molecule has 0 bridgehead atoms. The van der Waals surface area contributed by atoms with Crippen LogP contribution >= 0.6 is 11.6 Å². The number of benzene rings is 3. The number of aliphatic hydroxyl groups excluding tert-OH is 1. The van der Waals surface area contributed by atoms with Crippen molar-refractivity contribution in [2.75, 3.05) is 44.2 Å². The number of rotatable bonds is 11. The molecule has 0 atom stereocenters. The summed E-state index contributed by atoms with van der Waals surface area (Å²) in [4.78, 5) is 28.5. The number of aliphatic hydroxyl groups is 1. The van der Waals surface area contributed by atoms with Crippen molar-refractivity contribution >= 4 is 44.5 Å². The van der Waals surface area contributed by atoms with E-state index in [-0.39, 0.29) is 35.4 Å². The van der Waals surface area contributed by atoms with E-state index < -0.39 is 31.4 Å². The molecule has 1 saturated carbocycles. The summed E-state index contributed by atoms with van der Waals surface area (Å²) in [5.74, 6) is -0.733. The van der Waals surface area contributed by atoms with Gasteiger partial charge in [0, 0.05) is 55.1 Å². The monoisotopic (exact) mass is 750 g/mol. The average molecular weight is 751 g/mol. The van der Waals surface area contributed by atoms with Crippen molar-refractivity contribution in [1.29, 1.82) is 0 Å².